The minimum Gasteiger partial charge on any atom is -0.300 e. The number of nitrogens with zero attached hydrogens (tertiary/aromatic N) is 1. The van der Waals surface area contributed by atoms with Crippen molar-refractivity contribution >= 4 is 27.3 Å². The Morgan fingerprint density at radius 3 is 2.81 bits per heavy atom. The number of halogens is 1. The van der Waals surface area contributed by atoms with Crippen LogP contribution in [0.15, 0.2) is 17.5 Å². The molecule has 1 aliphatic carbocycles. The van der Waals surface area contributed by atoms with Crippen LogP contribution in [0.1, 0.15) is 30.6 Å². The van der Waals surface area contributed by atoms with E-state index in [9.17, 15) is 0 Å². The molecule has 2 rings (SSSR count). The monoisotopic (exact) mass is 301 g/mol. The van der Waals surface area contributed by atoms with Gasteiger partial charge in [-0.3, -0.25) is 4.90 Å². The average molecular weight is 302 g/mol. The fourth-order valence-corrected chi connectivity index (χ4v) is 3.15. The zero-order chi connectivity index (χ0) is 11.2. The summed E-state index contributed by atoms with van der Waals surface area (Å²) >= 11 is 5.42. The summed E-state index contributed by atoms with van der Waals surface area (Å²) in [6.07, 6.45) is 6.80. The Bertz CT molecular complexity index is 282. The van der Waals surface area contributed by atoms with E-state index in [4.69, 9.17) is 0 Å². The number of alkyl halides is 1. The molecule has 0 saturated heterocycles. The minimum atomic E-state index is 0.888. The van der Waals surface area contributed by atoms with Crippen molar-refractivity contribution in [3.05, 3.63) is 22.4 Å². The van der Waals surface area contributed by atoms with Crippen molar-refractivity contribution in [1.29, 1.82) is 0 Å². The van der Waals surface area contributed by atoms with Crippen molar-refractivity contribution in [1.82, 2.24) is 4.90 Å². The molecule has 3 heteroatoms. The van der Waals surface area contributed by atoms with Gasteiger partial charge in [-0.1, -0.05) is 28.4 Å². The molecule has 1 nitrogen and oxygen atoms in total. The van der Waals surface area contributed by atoms with Gasteiger partial charge in [-0.05, 0) is 43.7 Å². The zero-order valence-corrected chi connectivity index (χ0v) is 12.1. The van der Waals surface area contributed by atoms with Gasteiger partial charge in [0.15, 0.2) is 0 Å². The maximum atomic E-state index is 3.53. The molecule has 1 fully saturated rings. The van der Waals surface area contributed by atoms with Gasteiger partial charge in [-0.25, -0.2) is 0 Å². The molecule has 0 bridgehead atoms. The molecule has 1 aromatic heterocycles. The van der Waals surface area contributed by atoms with Gasteiger partial charge >= 0.3 is 0 Å². The van der Waals surface area contributed by atoms with E-state index in [0.29, 0.717) is 0 Å². The van der Waals surface area contributed by atoms with Crippen LogP contribution in [0.25, 0.3) is 0 Å². The Hall–Kier alpha value is 0.140. The summed E-state index contributed by atoms with van der Waals surface area (Å²) in [5, 5.41) is 3.32. The van der Waals surface area contributed by atoms with Crippen LogP contribution in [-0.4, -0.2) is 29.4 Å². The lowest BCUT2D eigenvalue weighted by atomic mass is 9.91. The first-order valence-corrected chi connectivity index (χ1v) is 8.22. The lowest BCUT2D eigenvalue weighted by Crippen LogP contribution is -2.41. The third-order valence-corrected chi connectivity index (χ3v) is 4.89. The second-order valence-corrected chi connectivity index (χ2v) is 6.32. The molecule has 1 saturated carbocycles. The highest BCUT2D eigenvalue weighted by Gasteiger charge is 2.23. The third kappa shape index (κ3) is 3.57. The largest absolute Gasteiger partial charge is 0.300 e. The normalized spacial score (nSPS) is 16.6. The van der Waals surface area contributed by atoms with Gasteiger partial charge in [-0.15, -0.1) is 11.3 Å². The number of hydrogen-bond donors (Lipinski definition) is 0. The van der Waals surface area contributed by atoms with Crippen LogP contribution in [0.2, 0.25) is 0 Å². The van der Waals surface area contributed by atoms with E-state index in [1.165, 1.54) is 50.1 Å². The Balaban J connectivity index is 1.76. The van der Waals surface area contributed by atoms with Crippen molar-refractivity contribution in [3.63, 3.8) is 0 Å². The fourth-order valence-electron chi connectivity index (χ4n) is 2.20. The first-order valence-electron chi connectivity index (χ1n) is 6.22. The molecule has 1 heterocycles. The average Bonchev–Trinajstić information content (AvgIpc) is 2.72. The zero-order valence-electron chi connectivity index (χ0n) is 9.70. The van der Waals surface area contributed by atoms with E-state index in [0.717, 1.165) is 11.4 Å². The fraction of sp³-hybridized carbons (Fsp3) is 0.692. The van der Waals surface area contributed by atoms with Crippen LogP contribution in [0.5, 0.6) is 0 Å². The van der Waals surface area contributed by atoms with Gasteiger partial charge in [0.2, 0.25) is 0 Å². The van der Waals surface area contributed by atoms with Gasteiger partial charge in [0.1, 0.15) is 0 Å². The molecule has 16 heavy (non-hydrogen) atoms. The van der Waals surface area contributed by atoms with Gasteiger partial charge in [-0.2, -0.15) is 0 Å². The summed E-state index contributed by atoms with van der Waals surface area (Å²) in [7, 11) is 0. The summed E-state index contributed by atoms with van der Waals surface area (Å²) in [5.41, 5.74) is 0. The molecule has 1 aliphatic rings. The standard InChI is InChI=1S/C13H20BrNS/c14-8-3-9-15(12-4-1-5-12)10-7-13-6-2-11-16-13/h2,6,11-12H,1,3-5,7-10H2. The smallest absolute Gasteiger partial charge is 0.00954 e. The highest BCUT2D eigenvalue weighted by molar-refractivity contribution is 9.09. The van der Waals surface area contributed by atoms with Crippen LogP contribution in [-0.2, 0) is 6.42 Å². The molecule has 0 unspecified atom stereocenters. The van der Waals surface area contributed by atoms with Crippen LogP contribution in [0.4, 0.5) is 0 Å². The Labute approximate surface area is 111 Å². The molecule has 0 aliphatic heterocycles. The van der Waals surface area contributed by atoms with Crippen LogP contribution in [0.3, 0.4) is 0 Å². The lowest BCUT2D eigenvalue weighted by molar-refractivity contribution is 0.129. The van der Waals surface area contributed by atoms with Gasteiger partial charge in [0, 0.05) is 22.8 Å². The van der Waals surface area contributed by atoms with Crippen LogP contribution in [0, 0.1) is 0 Å². The molecule has 1 aromatic rings. The molecule has 0 spiro atoms. The molecule has 0 atom stereocenters. The van der Waals surface area contributed by atoms with E-state index in [1.54, 1.807) is 0 Å². The summed E-state index contributed by atoms with van der Waals surface area (Å²) < 4.78 is 0. The van der Waals surface area contributed by atoms with Crippen molar-refractivity contribution in [2.45, 2.75) is 38.1 Å². The quantitative estimate of drug-likeness (QED) is 0.690. The third-order valence-electron chi connectivity index (χ3n) is 3.40. The van der Waals surface area contributed by atoms with Crippen molar-refractivity contribution < 1.29 is 0 Å². The number of thiophene rings is 1. The summed E-state index contributed by atoms with van der Waals surface area (Å²) in [6, 6.07) is 5.30. The maximum absolute atomic E-state index is 3.53. The summed E-state index contributed by atoms with van der Waals surface area (Å²) in [4.78, 5) is 4.23. The first-order chi connectivity index (χ1) is 7.90. The first kappa shape index (κ1) is 12.6. The topological polar surface area (TPSA) is 3.24 Å². The van der Waals surface area contributed by atoms with Crippen molar-refractivity contribution in [2.24, 2.45) is 0 Å². The Kier molecular flexibility index (Phi) is 5.33. The van der Waals surface area contributed by atoms with E-state index < -0.39 is 0 Å². The van der Waals surface area contributed by atoms with Gasteiger partial charge < -0.3 is 0 Å². The molecule has 0 aromatic carbocycles. The molecule has 0 amide bonds. The van der Waals surface area contributed by atoms with Crippen molar-refractivity contribution in [3.8, 4) is 0 Å². The number of hydrogen-bond acceptors (Lipinski definition) is 2. The Morgan fingerprint density at radius 1 is 1.38 bits per heavy atom. The Morgan fingerprint density at radius 2 is 2.25 bits per heavy atom. The summed E-state index contributed by atoms with van der Waals surface area (Å²) in [5.74, 6) is 0. The molecule has 0 N–H and O–H groups in total. The molecule has 90 valence electrons. The van der Waals surface area contributed by atoms with Crippen LogP contribution >= 0.6 is 27.3 Å². The van der Waals surface area contributed by atoms with Gasteiger partial charge in [0.25, 0.3) is 0 Å². The SMILES string of the molecule is BrCCCN(CCc1cccs1)C1CCC1. The van der Waals surface area contributed by atoms with Crippen LogP contribution < -0.4 is 0 Å². The predicted octanol–water partition coefficient (Wildman–Crippen LogP) is 3.93. The second kappa shape index (κ2) is 6.77. The van der Waals surface area contributed by atoms with Gasteiger partial charge in [0.05, 0.1) is 0 Å². The summed E-state index contributed by atoms with van der Waals surface area (Å²) in [6.45, 7) is 2.51. The highest BCUT2D eigenvalue weighted by atomic mass is 79.9. The number of rotatable bonds is 7. The lowest BCUT2D eigenvalue weighted by Gasteiger charge is -2.37. The molecular formula is C13H20BrNS. The second-order valence-electron chi connectivity index (χ2n) is 4.49. The highest BCUT2D eigenvalue weighted by Crippen LogP contribution is 2.25. The maximum Gasteiger partial charge on any atom is 0.00954 e. The molecule has 0 radical (unpaired) electrons. The van der Waals surface area contributed by atoms with Crippen molar-refractivity contribution in [2.75, 3.05) is 18.4 Å². The van der Waals surface area contributed by atoms with E-state index >= 15 is 0 Å². The van der Waals surface area contributed by atoms with E-state index in [1.807, 2.05) is 11.3 Å². The predicted molar refractivity (Wildman–Crippen MR) is 75.6 cm³/mol. The minimum absolute atomic E-state index is 0.888. The molecular weight excluding hydrogens is 282 g/mol. The van der Waals surface area contributed by atoms with E-state index in [2.05, 4.69) is 38.3 Å². The van der Waals surface area contributed by atoms with E-state index in [-0.39, 0.29) is 0 Å².